The lowest BCUT2D eigenvalue weighted by Crippen LogP contribution is -2.23. The minimum absolute atomic E-state index is 0.0756. The molecule has 0 unspecified atom stereocenters. The Hall–Kier alpha value is -2.04. The van der Waals surface area contributed by atoms with Crippen LogP contribution in [0.3, 0.4) is 0 Å². The molecule has 3 rings (SSSR count). The van der Waals surface area contributed by atoms with Gasteiger partial charge in [0.25, 0.3) is 5.91 Å². The molecule has 0 radical (unpaired) electrons. The van der Waals surface area contributed by atoms with Gasteiger partial charge in [-0.05, 0) is 48.7 Å². The Bertz CT molecular complexity index is 771. The van der Waals surface area contributed by atoms with Gasteiger partial charge in [0.1, 0.15) is 0 Å². The second kappa shape index (κ2) is 7.24. The highest BCUT2D eigenvalue weighted by Crippen LogP contribution is 2.30. The summed E-state index contributed by atoms with van der Waals surface area (Å²) in [6.45, 7) is 0.360. The predicted octanol–water partition coefficient (Wildman–Crippen LogP) is 4.27. The molecule has 0 bridgehead atoms. The molecule has 4 nitrogen and oxygen atoms in total. The Kier molecular flexibility index (Phi) is 5.07. The van der Waals surface area contributed by atoms with E-state index in [4.69, 9.17) is 23.2 Å². The van der Waals surface area contributed by atoms with Gasteiger partial charge in [0.2, 0.25) is 5.91 Å². The van der Waals surface area contributed by atoms with Crippen LogP contribution in [-0.4, -0.2) is 11.8 Å². The van der Waals surface area contributed by atoms with Crippen LogP contribution >= 0.6 is 23.2 Å². The van der Waals surface area contributed by atoms with E-state index >= 15 is 0 Å². The molecule has 1 aliphatic carbocycles. The Balaban J connectivity index is 1.57. The lowest BCUT2D eigenvalue weighted by atomic mass is 10.1. The molecule has 124 valence electrons. The lowest BCUT2D eigenvalue weighted by Gasteiger charge is -2.09. The number of nitrogens with one attached hydrogen (secondary N) is 2. The number of rotatable bonds is 5. The molecule has 1 saturated carbocycles. The van der Waals surface area contributed by atoms with Crippen molar-refractivity contribution in [1.82, 2.24) is 5.32 Å². The van der Waals surface area contributed by atoms with Gasteiger partial charge in [0.15, 0.2) is 0 Å². The predicted molar refractivity (Wildman–Crippen MR) is 95.4 cm³/mol. The molecule has 0 heterocycles. The highest BCUT2D eigenvalue weighted by atomic mass is 35.5. The van der Waals surface area contributed by atoms with Crippen molar-refractivity contribution < 1.29 is 9.59 Å². The molecule has 0 aliphatic heterocycles. The summed E-state index contributed by atoms with van der Waals surface area (Å²) in [5.74, 6) is -0.0355. The van der Waals surface area contributed by atoms with Crippen molar-refractivity contribution in [3.63, 3.8) is 0 Å². The number of carbonyl (C=O) groups excluding carboxylic acids is 2. The molecule has 2 aromatic rings. The normalized spacial score (nSPS) is 13.4. The van der Waals surface area contributed by atoms with E-state index in [0.717, 1.165) is 24.1 Å². The molecule has 0 atom stereocenters. The number of halogens is 2. The molecule has 1 aliphatic rings. The maximum atomic E-state index is 12.2. The van der Waals surface area contributed by atoms with E-state index in [1.54, 1.807) is 12.1 Å². The largest absolute Gasteiger partial charge is 0.348 e. The summed E-state index contributed by atoms with van der Waals surface area (Å²) >= 11 is 11.9. The number of anilines is 1. The van der Waals surface area contributed by atoms with Crippen LogP contribution in [0.25, 0.3) is 0 Å². The average Bonchev–Trinajstić information content (AvgIpc) is 3.41. The SMILES string of the molecule is O=C(NCc1ccc(NC(=O)C2CC2)cc1)c1cc(Cl)ccc1Cl. The maximum Gasteiger partial charge on any atom is 0.253 e. The first kappa shape index (κ1) is 16.8. The molecular weight excluding hydrogens is 347 g/mol. The summed E-state index contributed by atoms with van der Waals surface area (Å²) in [4.78, 5) is 23.9. The van der Waals surface area contributed by atoms with E-state index in [1.807, 2.05) is 24.3 Å². The van der Waals surface area contributed by atoms with E-state index in [0.29, 0.717) is 22.2 Å². The fourth-order valence-electron chi connectivity index (χ4n) is 2.24. The fraction of sp³-hybridized carbons (Fsp3) is 0.222. The molecule has 1 fully saturated rings. The van der Waals surface area contributed by atoms with Crippen LogP contribution in [0.2, 0.25) is 10.0 Å². The molecule has 2 N–H and O–H groups in total. The van der Waals surface area contributed by atoms with E-state index in [9.17, 15) is 9.59 Å². The minimum Gasteiger partial charge on any atom is -0.348 e. The van der Waals surface area contributed by atoms with Gasteiger partial charge in [0.05, 0.1) is 10.6 Å². The van der Waals surface area contributed by atoms with E-state index in [-0.39, 0.29) is 17.7 Å². The zero-order valence-electron chi connectivity index (χ0n) is 12.8. The van der Waals surface area contributed by atoms with Gasteiger partial charge >= 0.3 is 0 Å². The van der Waals surface area contributed by atoms with Gasteiger partial charge < -0.3 is 10.6 Å². The van der Waals surface area contributed by atoms with Crippen LogP contribution in [0.1, 0.15) is 28.8 Å². The molecule has 24 heavy (non-hydrogen) atoms. The summed E-state index contributed by atoms with van der Waals surface area (Å²) < 4.78 is 0. The first-order chi connectivity index (χ1) is 11.5. The van der Waals surface area contributed by atoms with Crippen LogP contribution in [0.15, 0.2) is 42.5 Å². The summed E-state index contributed by atoms with van der Waals surface area (Å²) in [6.07, 6.45) is 1.95. The third kappa shape index (κ3) is 4.28. The summed E-state index contributed by atoms with van der Waals surface area (Å²) in [7, 11) is 0. The monoisotopic (exact) mass is 362 g/mol. The quantitative estimate of drug-likeness (QED) is 0.834. The number of benzene rings is 2. The van der Waals surface area contributed by atoms with Crippen LogP contribution in [0, 0.1) is 5.92 Å². The average molecular weight is 363 g/mol. The van der Waals surface area contributed by atoms with Crippen LogP contribution in [0.4, 0.5) is 5.69 Å². The van der Waals surface area contributed by atoms with Gasteiger partial charge in [-0.1, -0.05) is 35.3 Å². The summed E-state index contributed by atoms with van der Waals surface area (Å²) in [5, 5.41) is 6.49. The molecule has 6 heteroatoms. The van der Waals surface area contributed by atoms with Crippen LogP contribution in [0.5, 0.6) is 0 Å². The highest BCUT2D eigenvalue weighted by molar-refractivity contribution is 6.35. The molecule has 0 aromatic heterocycles. The van der Waals surface area contributed by atoms with Crippen molar-refractivity contribution in [2.45, 2.75) is 19.4 Å². The van der Waals surface area contributed by atoms with Crippen molar-refractivity contribution >= 4 is 40.7 Å². The van der Waals surface area contributed by atoms with E-state index in [2.05, 4.69) is 10.6 Å². The third-order valence-electron chi connectivity index (χ3n) is 3.80. The van der Waals surface area contributed by atoms with Gasteiger partial charge in [-0.25, -0.2) is 0 Å². The van der Waals surface area contributed by atoms with Crippen molar-refractivity contribution in [3.8, 4) is 0 Å². The van der Waals surface area contributed by atoms with Crippen LogP contribution < -0.4 is 10.6 Å². The minimum atomic E-state index is -0.284. The van der Waals surface area contributed by atoms with Crippen molar-refractivity contribution in [3.05, 3.63) is 63.6 Å². The second-order valence-corrected chi connectivity index (χ2v) is 6.61. The highest BCUT2D eigenvalue weighted by Gasteiger charge is 2.29. The molecule has 2 amide bonds. The Morgan fingerprint density at radius 1 is 1.04 bits per heavy atom. The van der Waals surface area contributed by atoms with Gasteiger partial charge in [-0.3, -0.25) is 9.59 Å². The second-order valence-electron chi connectivity index (χ2n) is 5.77. The van der Waals surface area contributed by atoms with Crippen LogP contribution in [-0.2, 0) is 11.3 Å². The number of hydrogen-bond donors (Lipinski definition) is 2. The van der Waals surface area contributed by atoms with Crippen molar-refractivity contribution in [1.29, 1.82) is 0 Å². The lowest BCUT2D eigenvalue weighted by molar-refractivity contribution is -0.117. The fourth-order valence-corrected chi connectivity index (χ4v) is 2.62. The zero-order chi connectivity index (χ0) is 17.1. The Morgan fingerprint density at radius 3 is 2.42 bits per heavy atom. The van der Waals surface area contributed by atoms with E-state index < -0.39 is 0 Å². The number of amides is 2. The molecule has 0 saturated heterocycles. The van der Waals surface area contributed by atoms with Gasteiger partial charge in [0, 0.05) is 23.2 Å². The molecule has 2 aromatic carbocycles. The van der Waals surface area contributed by atoms with Gasteiger partial charge in [-0.15, -0.1) is 0 Å². The zero-order valence-corrected chi connectivity index (χ0v) is 14.3. The third-order valence-corrected chi connectivity index (χ3v) is 4.36. The number of carbonyl (C=O) groups is 2. The first-order valence-electron chi connectivity index (χ1n) is 7.66. The van der Waals surface area contributed by atoms with Gasteiger partial charge in [-0.2, -0.15) is 0 Å². The van der Waals surface area contributed by atoms with Crippen molar-refractivity contribution in [2.75, 3.05) is 5.32 Å². The standard InChI is InChI=1S/C18H16Cl2N2O2/c19-13-5-8-16(20)15(9-13)18(24)21-10-11-1-6-14(7-2-11)22-17(23)12-3-4-12/h1-2,5-9,12H,3-4,10H2,(H,21,24)(H,22,23). The summed E-state index contributed by atoms with van der Waals surface area (Å²) in [5.41, 5.74) is 2.03. The maximum absolute atomic E-state index is 12.2. The van der Waals surface area contributed by atoms with E-state index in [1.165, 1.54) is 6.07 Å². The number of hydrogen-bond acceptors (Lipinski definition) is 2. The topological polar surface area (TPSA) is 58.2 Å². The smallest absolute Gasteiger partial charge is 0.253 e. The molecule has 0 spiro atoms. The Morgan fingerprint density at radius 2 is 1.75 bits per heavy atom. The first-order valence-corrected chi connectivity index (χ1v) is 8.41. The summed E-state index contributed by atoms with van der Waals surface area (Å²) in [6, 6.07) is 12.1. The van der Waals surface area contributed by atoms with Crippen molar-refractivity contribution in [2.24, 2.45) is 5.92 Å². The molecular formula is C18H16Cl2N2O2. The Labute approximate surface area is 150 Å².